The summed E-state index contributed by atoms with van der Waals surface area (Å²) in [5, 5.41) is 9.83. The number of nitrogens with one attached hydrogen (secondary N) is 1. The molecule has 1 aromatic heterocycles. The van der Waals surface area contributed by atoms with Gasteiger partial charge in [-0.05, 0) is 0 Å². The molecule has 6 heteroatoms. The molecule has 12 heavy (non-hydrogen) atoms. The third-order valence-electron chi connectivity index (χ3n) is 1.29. The minimum atomic E-state index is -2.29. The van der Waals surface area contributed by atoms with Crippen LogP contribution in [0.1, 0.15) is 0 Å². The van der Waals surface area contributed by atoms with Crippen molar-refractivity contribution in [3.05, 3.63) is 12.4 Å². The zero-order chi connectivity index (χ0) is 8.81. The molecule has 68 valence electrons. The second kappa shape index (κ2) is 4.76. The summed E-state index contributed by atoms with van der Waals surface area (Å²) < 4.78 is 24.8. The van der Waals surface area contributed by atoms with Gasteiger partial charge in [0.2, 0.25) is 0 Å². The van der Waals surface area contributed by atoms with Crippen molar-refractivity contribution in [1.82, 2.24) is 20.3 Å². The Morgan fingerprint density at radius 2 is 2.33 bits per heavy atom. The molecule has 0 bridgehead atoms. The summed E-state index contributed by atoms with van der Waals surface area (Å²) in [5.41, 5.74) is 0. The average molecular weight is 176 g/mol. The number of halogens is 2. The van der Waals surface area contributed by atoms with E-state index in [1.54, 1.807) is 17.1 Å². The summed E-state index contributed by atoms with van der Waals surface area (Å²) >= 11 is 0. The first-order valence-corrected chi connectivity index (χ1v) is 3.62. The van der Waals surface area contributed by atoms with Gasteiger partial charge in [-0.25, -0.2) is 8.78 Å². The van der Waals surface area contributed by atoms with E-state index in [0.29, 0.717) is 13.1 Å². The maximum atomic E-state index is 11.6. The van der Waals surface area contributed by atoms with Crippen molar-refractivity contribution in [1.29, 1.82) is 0 Å². The highest BCUT2D eigenvalue weighted by Gasteiger charge is 1.99. The molecule has 1 rings (SSSR count). The predicted molar refractivity (Wildman–Crippen MR) is 38.9 cm³/mol. The molecule has 0 amide bonds. The van der Waals surface area contributed by atoms with E-state index in [4.69, 9.17) is 0 Å². The van der Waals surface area contributed by atoms with Crippen LogP contribution < -0.4 is 5.32 Å². The Bertz CT molecular complexity index is 199. The summed E-state index contributed by atoms with van der Waals surface area (Å²) in [4.78, 5) is 0. The topological polar surface area (TPSA) is 42.7 Å². The van der Waals surface area contributed by atoms with Gasteiger partial charge < -0.3 is 5.32 Å². The molecule has 0 fully saturated rings. The van der Waals surface area contributed by atoms with E-state index in [1.165, 1.54) is 0 Å². The van der Waals surface area contributed by atoms with Gasteiger partial charge in [-0.1, -0.05) is 5.21 Å². The van der Waals surface area contributed by atoms with E-state index >= 15 is 0 Å². The zero-order valence-corrected chi connectivity index (χ0v) is 6.45. The van der Waals surface area contributed by atoms with E-state index in [2.05, 4.69) is 15.6 Å². The van der Waals surface area contributed by atoms with Crippen LogP contribution in [0.4, 0.5) is 8.78 Å². The lowest BCUT2D eigenvalue weighted by atomic mass is 10.6. The molecule has 0 unspecified atom stereocenters. The molecule has 0 spiro atoms. The van der Waals surface area contributed by atoms with Crippen LogP contribution in [-0.4, -0.2) is 34.5 Å². The first-order chi connectivity index (χ1) is 5.79. The lowest BCUT2D eigenvalue weighted by molar-refractivity contribution is 0.145. The fraction of sp³-hybridized carbons (Fsp3) is 0.667. The molecule has 1 aromatic rings. The van der Waals surface area contributed by atoms with Crippen LogP contribution in [-0.2, 0) is 6.54 Å². The van der Waals surface area contributed by atoms with Crippen molar-refractivity contribution < 1.29 is 8.78 Å². The van der Waals surface area contributed by atoms with Crippen LogP contribution in [0.3, 0.4) is 0 Å². The molecule has 0 aliphatic rings. The van der Waals surface area contributed by atoms with Crippen LogP contribution in [0.25, 0.3) is 0 Å². The lowest BCUT2D eigenvalue weighted by Gasteiger charge is -2.02. The molecular weight excluding hydrogens is 166 g/mol. The zero-order valence-electron chi connectivity index (χ0n) is 6.45. The quantitative estimate of drug-likeness (QED) is 0.648. The molecule has 0 radical (unpaired) electrons. The largest absolute Gasteiger partial charge is 0.310 e. The maximum absolute atomic E-state index is 11.6. The second-order valence-electron chi connectivity index (χ2n) is 2.26. The molecule has 1 N–H and O–H groups in total. The number of alkyl halides is 2. The van der Waals surface area contributed by atoms with Crippen molar-refractivity contribution in [3.8, 4) is 0 Å². The van der Waals surface area contributed by atoms with Crippen LogP contribution >= 0.6 is 0 Å². The Balaban J connectivity index is 2.04. The second-order valence-corrected chi connectivity index (χ2v) is 2.26. The number of hydrogen-bond donors (Lipinski definition) is 1. The summed E-state index contributed by atoms with van der Waals surface area (Å²) in [6, 6.07) is 0. The molecule has 0 saturated carbocycles. The van der Waals surface area contributed by atoms with Crippen LogP contribution in [0.5, 0.6) is 0 Å². The Morgan fingerprint density at radius 3 is 2.92 bits per heavy atom. The first-order valence-electron chi connectivity index (χ1n) is 3.62. The first kappa shape index (κ1) is 9.05. The van der Waals surface area contributed by atoms with E-state index in [0.717, 1.165) is 0 Å². The lowest BCUT2D eigenvalue weighted by Crippen LogP contribution is -2.25. The third kappa shape index (κ3) is 3.38. The molecule has 0 atom stereocenters. The van der Waals surface area contributed by atoms with Gasteiger partial charge in [0, 0.05) is 12.7 Å². The Morgan fingerprint density at radius 1 is 1.50 bits per heavy atom. The fourth-order valence-electron chi connectivity index (χ4n) is 0.757. The Hall–Kier alpha value is -1.04. The average Bonchev–Trinajstić information content (AvgIpc) is 2.49. The summed E-state index contributed by atoms with van der Waals surface area (Å²) in [6.07, 6.45) is 0.942. The third-order valence-corrected chi connectivity index (χ3v) is 1.29. The molecule has 4 nitrogen and oxygen atoms in total. The van der Waals surface area contributed by atoms with Gasteiger partial charge >= 0.3 is 0 Å². The Kier molecular flexibility index (Phi) is 3.59. The minimum absolute atomic E-state index is 0.269. The molecule has 1 heterocycles. The van der Waals surface area contributed by atoms with E-state index in [1.807, 2.05) is 0 Å². The summed E-state index contributed by atoms with van der Waals surface area (Å²) in [7, 11) is 0. The summed E-state index contributed by atoms with van der Waals surface area (Å²) in [5.74, 6) is 0. The van der Waals surface area contributed by atoms with Crippen molar-refractivity contribution in [3.63, 3.8) is 0 Å². The number of nitrogens with zero attached hydrogens (tertiary/aromatic N) is 3. The monoisotopic (exact) mass is 176 g/mol. The molecule has 0 aromatic carbocycles. The van der Waals surface area contributed by atoms with E-state index in [9.17, 15) is 8.78 Å². The fourth-order valence-corrected chi connectivity index (χ4v) is 0.757. The normalized spacial score (nSPS) is 10.9. The highest BCUT2D eigenvalue weighted by molar-refractivity contribution is 4.64. The molecule has 0 aliphatic heterocycles. The highest BCUT2D eigenvalue weighted by atomic mass is 19.3. The van der Waals surface area contributed by atoms with Crippen molar-refractivity contribution in [2.45, 2.75) is 13.0 Å². The smallest absolute Gasteiger partial charge is 0.250 e. The highest BCUT2D eigenvalue weighted by Crippen LogP contribution is 1.87. The van der Waals surface area contributed by atoms with Crippen LogP contribution in [0.15, 0.2) is 12.4 Å². The van der Waals surface area contributed by atoms with Crippen molar-refractivity contribution in [2.24, 2.45) is 0 Å². The molecular formula is C6H10F2N4. The van der Waals surface area contributed by atoms with Gasteiger partial charge in [0.1, 0.15) is 0 Å². The van der Waals surface area contributed by atoms with Crippen LogP contribution in [0, 0.1) is 0 Å². The van der Waals surface area contributed by atoms with Crippen LogP contribution in [0.2, 0.25) is 0 Å². The summed E-state index contributed by atoms with van der Waals surface area (Å²) in [6.45, 7) is 0.773. The van der Waals surface area contributed by atoms with Crippen molar-refractivity contribution >= 4 is 0 Å². The van der Waals surface area contributed by atoms with Crippen molar-refractivity contribution in [2.75, 3.05) is 13.1 Å². The van der Waals surface area contributed by atoms with Gasteiger partial charge in [0.05, 0.1) is 19.3 Å². The number of rotatable bonds is 5. The predicted octanol–water partition coefficient (Wildman–Crippen LogP) is 0.133. The molecule has 0 aliphatic carbocycles. The standard InChI is InChI=1S/C6H10F2N4/c7-6(8)5-9-1-3-12-4-2-10-11-12/h2,4,6,9H,1,3,5H2. The van der Waals surface area contributed by atoms with Gasteiger partial charge in [0.25, 0.3) is 6.43 Å². The van der Waals surface area contributed by atoms with Gasteiger partial charge in [0.15, 0.2) is 0 Å². The van der Waals surface area contributed by atoms with E-state index < -0.39 is 6.43 Å². The Labute approximate surface area is 68.6 Å². The van der Waals surface area contributed by atoms with Gasteiger partial charge in [-0.15, -0.1) is 5.10 Å². The van der Waals surface area contributed by atoms with E-state index in [-0.39, 0.29) is 6.54 Å². The maximum Gasteiger partial charge on any atom is 0.250 e. The molecule has 0 saturated heterocycles. The number of hydrogen-bond acceptors (Lipinski definition) is 3. The van der Waals surface area contributed by atoms with Gasteiger partial charge in [-0.3, -0.25) is 4.68 Å². The SMILES string of the molecule is FC(F)CNCCn1ccnn1. The minimum Gasteiger partial charge on any atom is -0.310 e. The number of aromatic nitrogens is 3. The van der Waals surface area contributed by atoms with Gasteiger partial charge in [-0.2, -0.15) is 0 Å².